The molecule has 0 aliphatic heterocycles. The Kier molecular flexibility index (Phi) is 4.48. The molecular formula is C15H15ClN2O2. The van der Waals surface area contributed by atoms with Crippen molar-refractivity contribution >= 4 is 23.2 Å². The molecule has 0 unspecified atom stereocenters. The Balaban J connectivity index is 2.00. The van der Waals surface area contributed by atoms with Crippen LogP contribution in [0.3, 0.4) is 0 Å². The van der Waals surface area contributed by atoms with Gasteiger partial charge in [0.1, 0.15) is 5.75 Å². The van der Waals surface area contributed by atoms with E-state index < -0.39 is 0 Å². The molecule has 0 radical (unpaired) electrons. The molecule has 0 heterocycles. The van der Waals surface area contributed by atoms with E-state index in [9.17, 15) is 9.90 Å². The first kappa shape index (κ1) is 14.2. The van der Waals surface area contributed by atoms with Crippen LogP contribution in [0.1, 0.15) is 15.9 Å². The number of phenols is 1. The molecular weight excluding hydrogens is 276 g/mol. The standard InChI is InChI=1S/C15H15ClN2O2/c1-17-15(20)11-4-2-10(3-5-11)9-18-12-6-7-14(19)13(16)8-12/h2-8,18-19H,9H2,1H3,(H,17,20). The topological polar surface area (TPSA) is 61.4 Å². The quantitative estimate of drug-likeness (QED) is 0.759. The van der Waals surface area contributed by atoms with Crippen molar-refractivity contribution < 1.29 is 9.90 Å². The van der Waals surface area contributed by atoms with Crippen molar-refractivity contribution in [3.05, 3.63) is 58.6 Å². The Bertz CT molecular complexity index is 612. The van der Waals surface area contributed by atoms with Crippen LogP contribution in [-0.2, 0) is 6.54 Å². The first-order valence-electron chi connectivity index (χ1n) is 6.13. The number of carbonyl (C=O) groups excluding carboxylic acids is 1. The molecule has 0 bridgehead atoms. The maximum Gasteiger partial charge on any atom is 0.251 e. The summed E-state index contributed by atoms with van der Waals surface area (Å²) in [5.41, 5.74) is 2.49. The highest BCUT2D eigenvalue weighted by Gasteiger charge is 2.03. The fourth-order valence-electron chi connectivity index (χ4n) is 1.74. The fraction of sp³-hybridized carbons (Fsp3) is 0.133. The number of benzene rings is 2. The number of nitrogens with one attached hydrogen (secondary N) is 2. The summed E-state index contributed by atoms with van der Waals surface area (Å²) < 4.78 is 0. The minimum Gasteiger partial charge on any atom is -0.506 e. The van der Waals surface area contributed by atoms with E-state index in [4.69, 9.17) is 11.6 Å². The number of aromatic hydroxyl groups is 1. The van der Waals surface area contributed by atoms with Crippen molar-refractivity contribution in [1.29, 1.82) is 0 Å². The number of carbonyl (C=O) groups is 1. The Hall–Kier alpha value is -2.20. The molecule has 0 fully saturated rings. The third-order valence-electron chi connectivity index (χ3n) is 2.89. The Morgan fingerprint density at radius 3 is 2.50 bits per heavy atom. The zero-order chi connectivity index (χ0) is 14.5. The highest BCUT2D eigenvalue weighted by atomic mass is 35.5. The van der Waals surface area contributed by atoms with Crippen molar-refractivity contribution in [2.24, 2.45) is 0 Å². The van der Waals surface area contributed by atoms with Crippen LogP contribution in [0, 0.1) is 0 Å². The monoisotopic (exact) mass is 290 g/mol. The lowest BCUT2D eigenvalue weighted by atomic mass is 10.1. The molecule has 0 aliphatic rings. The summed E-state index contributed by atoms with van der Waals surface area (Å²) in [5, 5.41) is 15.4. The van der Waals surface area contributed by atoms with Crippen LogP contribution >= 0.6 is 11.6 Å². The molecule has 0 aliphatic carbocycles. The molecule has 3 N–H and O–H groups in total. The van der Waals surface area contributed by atoms with Gasteiger partial charge in [-0.3, -0.25) is 4.79 Å². The third kappa shape index (κ3) is 3.42. The molecule has 0 atom stereocenters. The van der Waals surface area contributed by atoms with E-state index in [0.29, 0.717) is 17.1 Å². The second-order valence-electron chi connectivity index (χ2n) is 4.30. The average Bonchev–Trinajstić information content (AvgIpc) is 2.48. The lowest BCUT2D eigenvalue weighted by Gasteiger charge is -2.08. The Morgan fingerprint density at radius 2 is 1.90 bits per heavy atom. The molecule has 4 nitrogen and oxygen atoms in total. The molecule has 20 heavy (non-hydrogen) atoms. The Labute approximate surface area is 122 Å². The van der Waals surface area contributed by atoms with E-state index in [1.165, 1.54) is 0 Å². The minimum atomic E-state index is -0.102. The van der Waals surface area contributed by atoms with Crippen LogP contribution < -0.4 is 10.6 Å². The highest BCUT2D eigenvalue weighted by molar-refractivity contribution is 6.32. The second kappa shape index (κ2) is 6.30. The molecule has 2 aromatic rings. The average molecular weight is 291 g/mol. The lowest BCUT2D eigenvalue weighted by Crippen LogP contribution is -2.17. The SMILES string of the molecule is CNC(=O)c1ccc(CNc2ccc(O)c(Cl)c2)cc1. The van der Waals surface area contributed by atoms with E-state index >= 15 is 0 Å². The predicted octanol–water partition coefficient (Wildman–Crippen LogP) is 3.02. The number of rotatable bonds is 4. The third-order valence-corrected chi connectivity index (χ3v) is 3.19. The highest BCUT2D eigenvalue weighted by Crippen LogP contribution is 2.26. The van der Waals surface area contributed by atoms with Crippen molar-refractivity contribution in [2.45, 2.75) is 6.54 Å². The van der Waals surface area contributed by atoms with Crippen LogP contribution in [0.2, 0.25) is 5.02 Å². The van der Waals surface area contributed by atoms with Gasteiger partial charge in [-0.25, -0.2) is 0 Å². The minimum absolute atomic E-state index is 0.0622. The summed E-state index contributed by atoms with van der Waals surface area (Å²) in [6, 6.07) is 12.3. The van der Waals surface area contributed by atoms with Gasteiger partial charge in [-0.1, -0.05) is 23.7 Å². The molecule has 5 heteroatoms. The summed E-state index contributed by atoms with van der Waals surface area (Å²) in [5.74, 6) is -0.0398. The number of halogens is 1. The summed E-state index contributed by atoms with van der Waals surface area (Å²) in [4.78, 5) is 11.4. The van der Waals surface area contributed by atoms with Crippen molar-refractivity contribution in [1.82, 2.24) is 5.32 Å². The van der Waals surface area contributed by atoms with Crippen LogP contribution in [0.15, 0.2) is 42.5 Å². The van der Waals surface area contributed by atoms with Gasteiger partial charge in [0.2, 0.25) is 0 Å². The molecule has 104 valence electrons. The van der Waals surface area contributed by atoms with E-state index in [-0.39, 0.29) is 11.7 Å². The van der Waals surface area contributed by atoms with E-state index in [2.05, 4.69) is 10.6 Å². The first-order chi connectivity index (χ1) is 9.60. The molecule has 0 saturated carbocycles. The normalized spacial score (nSPS) is 10.1. The number of phenolic OH excluding ortho intramolecular Hbond substituents is 1. The number of hydrogen-bond donors (Lipinski definition) is 3. The van der Waals surface area contributed by atoms with Gasteiger partial charge >= 0.3 is 0 Å². The van der Waals surface area contributed by atoms with Gasteiger partial charge in [0.05, 0.1) is 5.02 Å². The van der Waals surface area contributed by atoms with Crippen LogP contribution in [0.5, 0.6) is 5.75 Å². The lowest BCUT2D eigenvalue weighted by molar-refractivity contribution is 0.0963. The summed E-state index contributed by atoms with van der Waals surface area (Å²) in [7, 11) is 1.60. The van der Waals surface area contributed by atoms with E-state index in [1.807, 2.05) is 12.1 Å². The van der Waals surface area contributed by atoms with Crippen LogP contribution in [0.4, 0.5) is 5.69 Å². The van der Waals surface area contributed by atoms with Crippen molar-refractivity contribution in [3.63, 3.8) is 0 Å². The molecule has 1 amide bonds. The van der Waals surface area contributed by atoms with Crippen molar-refractivity contribution in [3.8, 4) is 5.75 Å². The summed E-state index contributed by atoms with van der Waals surface area (Å²) in [6.45, 7) is 0.606. The van der Waals surface area contributed by atoms with Gasteiger partial charge < -0.3 is 15.7 Å². The molecule has 2 aromatic carbocycles. The maximum atomic E-state index is 11.4. The van der Waals surface area contributed by atoms with Gasteiger partial charge in [-0.2, -0.15) is 0 Å². The molecule has 0 spiro atoms. The number of anilines is 1. The van der Waals surface area contributed by atoms with E-state index in [1.54, 1.807) is 37.4 Å². The van der Waals surface area contributed by atoms with Crippen LogP contribution in [-0.4, -0.2) is 18.1 Å². The number of amides is 1. The van der Waals surface area contributed by atoms with Gasteiger partial charge in [0.25, 0.3) is 5.91 Å². The predicted molar refractivity (Wildman–Crippen MR) is 80.3 cm³/mol. The van der Waals surface area contributed by atoms with Gasteiger partial charge in [0, 0.05) is 24.8 Å². The van der Waals surface area contributed by atoms with E-state index in [0.717, 1.165) is 11.3 Å². The summed E-state index contributed by atoms with van der Waals surface area (Å²) in [6.07, 6.45) is 0. The number of hydrogen-bond acceptors (Lipinski definition) is 3. The van der Waals surface area contributed by atoms with Crippen molar-refractivity contribution in [2.75, 3.05) is 12.4 Å². The molecule has 0 aromatic heterocycles. The van der Waals surface area contributed by atoms with Gasteiger partial charge in [0.15, 0.2) is 0 Å². The van der Waals surface area contributed by atoms with Gasteiger partial charge in [-0.05, 0) is 35.9 Å². The zero-order valence-corrected chi connectivity index (χ0v) is 11.7. The second-order valence-corrected chi connectivity index (χ2v) is 4.70. The molecule has 2 rings (SSSR count). The Morgan fingerprint density at radius 1 is 1.20 bits per heavy atom. The largest absolute Gasteiger partial charge is 0.506 e. The fourth-order valence-corrected chi connectivity index (χ4v) is 1.92. The first-order valence-corrected chi connectivity index (χ1v) is 6.51. The maximum absolute atomic E-state index is 11.4. The molecule has 0 saturated heterocycles. The van der Waals surface area contributed by atoms with Crippen LogP contribution in [0.25, 0.3) is 0 Å². The van der Waals surface area contributed by atoms with Gasteiger partial charge in [-0.15, -0.1) is 0 Å². The smallest absolute Gasteiger partial charge is 0.251 e. The zero-order valence-electron chi connectivity index (χ0n) is 11.0. The summed E-state index contributed by atoms with van der Waals surface area (Å²) >= 11 is 5.83.